The second kappa shape index (κ2) is 2.83. The minimum atomic E-state index is -2.39. The first-order valence-corrected chi connectivity index (χ1v) is 7.95. The zero-order chi connectivity index (χ0) is 6.91. The van der Waals surface area contributed by atoms with Gasteiger partial charge in [0.2, 0.25) is 0 Å². The van der Waals surface area contributed by atoms with E-state index >= 15 is 0 Å². The van der Waals surface area contributed by atoms with Crippen LogP contribution >= 0.6 is 33.2 Å². The third kappa shape index (κ3) is 2.15. The third-order valence-corrected chi connectivity index (χ3v) is 5.28. The van der Waals surface area contributed by atoms with E-state index in [1.807, 2.05) is 6.08 Å². The molecule has 0 aromatic rings. The van der Waals surface area contributed by atoms with Crippen LogP contribution in [0.4, 0.5) is 0 Å². The highest BCUT2D eigenvalue weighted by Crippen LogP contribution is 2.40. The fourth-order valence-electron chi connectivity index (χ4n) is 0.905. The first-order valence-electron chi connectivity index (χ1n) is 2.84. The highest BCUT2D eigenvalue weighted by molar-refractivity contribution is 7.65. The Morgan fingerprint density at radius 2 is 2.00 bits per heavy atom. The van der Waals surface area contributed by atoms with Gasteiger partial charge in [-0.25, -0.2) is 0 Å². The molecule has 0 aromatic carbocycles. The van der Waals surface area contributed by atoms with E-state index in [0.29, 0.717) is 0 Å². The molecular formula is C5H7Cl3Si. The number of halogens is 3. The molecule has 0 saturated carbocycles. The summed E-state index contributed by atoms with van der Waals surface area (Å²) in [6, 6.07) is -2.39. The van der Waals surface area contributed by atoms with Crippen molar-refractivity contribution in [3.05, 3.63) is 12.2 Å². The molecule has 1 rings (SSSR count). The monoisotopic (exact) mass is 200 g/mol. The van der Waals surface area contributed by atoms with Crippen LogP contribution in [-0.4, -0.2) is 6.00 Å². The van der Waals surface area contributed by atoms with Gasteiger partial charge < -0.3 is 0 Å². The van der Waals surface area contributed by atoms with Gasteiger partial charge in [0, 0.05) is 5.54 Å². The van der Waals surface area contributed by atoms with E-state index in [2.05, 4.69) is 6.08 Å². The Morgan fingerprint density at radius 3 is 2.22 bits per heavy atom. The summed E-state index contributed by atoms with van der Waals surface area (Å²) in [5, 5.41) is 0. The van der Waals surface area contributed by atoms with E-state index < -0.39 is 6.00 Å². The summed E-state index contributed by atoms with van der Waals surface area (Å²) in [6.45, 7) is 0. The van der Waals surface area contributed by atoms with Crippen molar-refractivity contribution in [2.24, 2.45) is 0 Å². The summed E-state index contributed by atoms with van der Waals surface area (Å²) in [5.74, 6) is 0. The number of hydrogen-bond donors (Lipinski definition) is 0. The second-order valence-electron chi connectivity index (χ2n) is 2.15. The molecule has 4 heteroatoms. The fourth-order valence-corrected chi connectivity index (χ4v) is 3.39. The standard InChI is InChI=1S/C5H7Cl3Si/c6-9(7,8)5-3-1-2-4-5/h1,3,5H,2,4H2. The van der Waals surface area contributed by atoms with Crippen LogP contribution in [0.3, 0.4) is 0 Å². The molecule has 0 N–H and O–H groups in total. The minimum absolute atomic E-state index is 0.266. The van der Waals surface area contributed by atoms with Crippen molar-refractivity contribution < 1.29 is 0 Å². The van der Waals surface area contributed by atoms with Crippen molar-refractivity contribution in [3.8, 4) is 0 Å². The third-order valence-electron chi connectivity index (χ3n) is 1.43. The summed E-state index contributed by atoms with van der Waals surface area (Å²) < 4.78 is 0. The topological polar surface area (TPSA) is 0 Å². The highest BCUT2D eigenvalue weighted by Gasteiger charge is 2.35. The van der Waals surface area contributed by atoms with Crippen molar-refractivity contribution >= 4 is 39.2 Å². The Balaban J connectivity index is 2.53. The van der Waals surface area contributed by atoms with Gasteiger partial charge >= 0.3 is 6.00 Å². The molecule has 0 nitrogen and oxygen atoms in total. The van der Waals surface area contributed by atoms with E-state index in [9.17, 15) is 0 Å². The maximum absolute atomic E-state index is 5.76. The molecule has 0 radical (unpaired) electrons. The normalized spacial score (nSPS) is 27.2. The lowest BCUT2D eigenvalue weighted by Crippen LogP contribution is -2.15. The average molecular weight is 202 g/mol. The molecular weight excluding hydrogens is 194 g/mol. The quantitative estimate of drug-likeness (QED) is 0.347. The van der Waals surface area contributed by atoms with Crippen LogP contribution in [0, 0.1) is 0 Å². The van der Waals surface area contributed by atoms with Gasteiger partial charge in [0.15, 0.2) is 0 Å². The highest BCUT2D eigenvalue weighted by atomic mass is 35.8. The van der Waals surface area contributed by atoms with Crippen LogP contribution in [0.15, 0.2) is 12.2 Å². The molecule has 1 atom stereocenters. The summed E-state index contributed by atoms with van der Waals surface area (Å²) in [4.78, 5) is 0. The van der Waals surface area contributed by atoms with Crippen molar-refractivity contribution in [2.75, 3.05) is 0 Å². The number of allylic oxidation sites excluding steroid dienone is 2. The maximum Gasteiger partial charge on any atom is 0.347 e. The Morgan fingerprint density at radius 1 is 1.33 bits per heavy atom. The molecule has 0 spiro atoms. The van der Waals surface area contributed by atoms with Crippen molar-refractivity contribution in [1.29, 1.82) is 0 Å². The summed E-state index contributed by atoms with van der Waals surface area (Å²) in [7, 11) is 0. The lowest BCUT2D eigenvalue weighted by Gasteiger charge is -2.13. The maximum atomic E-state index is 5.76. The van der Waals surface area contributed by atoms with Gasteiger partial charge in [0.1, 0.15) is 0 Å². The molecule has 0 saturated heterocycles. The zero-order valence-corrected chi connectivity index (χ0v) is 8.05. The van der Waals surface area contributed by atoms with Crippen molar-refractivity contribution in [2.45, 2.75) is 18.4 Å². The Bertz CT molecular complexity index is 127. The number of rotatable bonds is 1. The van der Waals surface area contributed by atoms with E-state index in [-0.39, 0.29) is 5.54 Å². The van der Waals surface area contributed by atoms with Crippen LogP contribution in [0.1, 0.15) is 12.8 Å². The van der Waals surface area contributed by atoms with Gasteiger partial charge in [-0.2, -0.15) is 0 Å². The Kier molecular flexibility index (Phi) is 2.49. The first-order chi connectivity index (χ1) is 4.11. The van der Waals surface area contributed by atoms with E-state index in [0.717, 1.165) is 12.8 Å². The molecule has 0 heterocycles. The Hall–Kier alpha value is 0.827. The lowest BCUT2D eigenvalue weighted by molar-refractivity contribution is 0.917. The van der Waals surface area contributed by atoms with Gasteiger partial charge in [-0.3, -0.25) is 0 Å². The van der Waals surface area contributed by atoms with Crippen molar-refractivity contribution in [1.82, 2.24) is 0 Å². The van der Waals surface area contributed by atoms with Gasteiger partial charge in [-0.15, -0.1) is 33.2 Å². The van der Waals surface area contributed by atoms with Crippen LogP contribution in [0.2, 0.25) is 5.54 Å². The molecule has 0 aliphatic heterocycles. The molecule has 0 bridgehead atoms. The summed E-state index contributed by atoms with van der Waals surface area (Å²) in [6.07, 6.45) is 6.22. The molecule has 1 unspecified atom stereocenters. The van der Waals surface area contributed by atoms with Gasteiger partial charge in [0.05, 0.1) is 0 Å². The minimum Gasteiger partial charge on any atom is -0.125 e. The fraction of sp³-hybridized carbons (Fsp3) is 0.600. The number of hydrogen-bond acceptors (Lipinski definition) is 0. The van der Waals surface area contributed by atoms with E-state index in [4.69, 9.17) is 33.2 Å². The van der Waals surface area contributed by atoms with Gasteiger partial charge in [-0.1, -0.05) is 12.2 Å². The van der Waals surface area contributed by atoms with Crippen LogP contribution in [-0.2, 0) is 0 Å². The Labute approximate surface area is 69.9 Å². The van der Waals surface area contributed by atoms with Crippen LogP contribution < -0.4 is 0 Å². The predicted molar refractivity (Wildman–Crippen MR) is 45.4 cm³/mol. The van der Waals surface area contributed by atoms with Crippen molar-refractivity contribution in [3.63, 3.8) is 0 Å². The lowest BCUT2D eigenvalue weighted by atomic mass is 10.4. The van der Waals surface area contributed by atoms with Gasteiger partial charge in [-0.05, 0) is 12.8 Å². The molecule has 0 amide bonds. The summed E-state index contributed by atoms with van der Waals surface area (Å²) >= 11 is 17.3. The molecule has 1 aliphatic carbocycles. The van der Waals surface area contributed by atoms with E-state index in [1.54, 1.807) is 0 Å². The molecule has 0 fully saturated rings. The average Bonchev–Trinajstić information content (AvgIpc) is 2.08. The first kappa shape index (κ1) is 7.93. The molecule has 1 aliphatic rings. The zero-order valence-electron chi connectivity index (χ0n) is 4.78. The van der Waals surface area contributed by atoms with Crippen LogP contribution in [0.25, 0.3) is 0 Å². The molecule has 9 heavy (non-hydrogen) atoms. The van der Waals surface area contributed by atoms with Gasteiger partial charge in [0.25, 0.3) is 0 Å². The smallest absolute Gasteiger partial charge is 0.125 e. The predicted octanol–water partition coefficient (Wildman–Crippen LogP) is 3.36. The molecule has 0 aromatic heterocycles. The largest absolute Gasteiger partial charge is 0.347 e. The van der Waals surface area contributed by atoms with E-state index in [1.165, 1.54) is 0 Å². The second-order valence-corrected chi connectivity index (χ2v) is 11.1. The molecule has 52 valence electrons. The van der Waals surface area contributed by atoms with Crippen LogP contribution in [0.5, 0.6) is 0 Å². The summed E-state index contributed by atoms with van der Waals surface area (Å²) in [5.41, 5.74) is 0.266. The SMILES string of the molecule is Cl[Si](Cl)(Cl)C1C=CCC1.